The van der Waals surface area contributed by atoms with Gasteiger partial charge in [0.2, 0.25) is 0 Å². The van der Waals surface area contributed by atoms with E-state index in [-0.39, 0.29) is 25.4 Å². The van der Waals surface area contributed by atoms with Crippen LogP contribution < -0.4 is 0 Å². The Hall–Kier alpha value is -2.32. The van der Waals surface area contributed by atoms with E-state index in [0.29, 0.717) is 39.6 Å². The van der Waals surface area contributed by atoms with Crippen LogP contribution in [0.25, 0.3) is 0 Å². The first-order chi connectivity index (χ1) is 15.8. The average molecular weight is 445 g/mol. The lowest BCUT2D eigenvalue weighted by molar-refractivity contribution is 0.00230. The second-order valence-electron chi connectivity index (χ2n) is 6.55. The van der Waals surface area contributed by atoms with Crippen LogP contribution in [0.3, 0.4) is 0 Å². The summed E-state index contributed by atoms with van der Waals surface area (Å²) >= 11 is 0. The third kappa shape index (κ3) is 12.5. The molecule has 2 rings (SSSR count). The first-order valence-electron chi connectivity index (χ1n) is 10.7. The summed E-state index contributed by atoms with van der Waals surface area (Å²) in [4.78, 5) is 0. The maximum Gasteiger partial charge on any atom is 0.102 e. The predicted molar refractivity (Wildman–Crippen MR) is 126 cm³/mol. The van der Waals surface area contributed by atoms with E-state index in [0.717, 1.165) is 11.1 Å². The fourth-order valence-electron chi connectivity index (χ4n) is 2.65. The van der Waals surface area contributed by atoms with Crippen LogP contribution in [-0.2, 0) is 18.9 Å². The molecular weight excluding hydrogens is 408 g/mol. The van der Waals surface area contributed by atoms with E-state index in [4.69, 9.17) is 29.2 Å². The van der Waals surface area contributed by atoms with Gasteiger partial charge in [0.25, 0.3) is 0 Å². The molecular formula is C26H36O6. The van der Waals surface area contributed by atoms with Crippen molar-refractivity contribution < 1.29 is 29.2 Å². The zero-order chi connectivity index (χ0) is 23.3. The molecule has 0 bridgehead atoms. The molecule has 0 aliphatic heterocycles. The molecule has 32 heavy (non-hydrogen) atoms. The molecule has 0 aromatic heterocycles. The van der Waals surface area contributed by atoms with Crippen molar-refractivity contribution in [1.29, 1.82) is 0 Å². The van der Waals surface area contributed by atoms with Crippen molar-refractivity contribution in [2.45, 2.75) is 12.2 Å². The molecule has 0 saturated heterocycles. The van der Waals surface area contributed by atoms with E-state index < -0.39 is 0 Å². The van der Waals surface area contributed by atoms with Crippen LogP contribution in [-0.4, -0.2) is 63.1 Å². The smallest absolute Gasteiger partial charge is 0.102 e. The van der Waals surface area contributed by atoms with Crippen LogP contribution >= 0.6 is 0 Å². The van der Waals surface area contributed by atoms with Gasteiger partial charge < -0.3 is 29.2 Å². The van der Waals surface area contributed by atoms with Gasteiger partial charge >= 0.3 is 0 Å². The minimum atomic E-state index is -0.135. The van der Waals surface area contributed by atoms with Crippen LogP contribution in [0.4, 0.5) is 0 Å². The summed E-state index contributed by atoms with van der Waals surface area (Å²) < 4.78 is 21.1. The zero-order valence-electron chi connectivity index (χ0n) is 18.7. The summed E-state index contributed by atoms with van der Waals surface area (Å²) in [5.74, 6) is 0. The Bertz CT molecular complexity index is 632. The van der Waals surface area contributed by atoms with Crippen molar-refractivity contribution in [2.75, 3.05) is 52.9 Å². The van der Waals surface area contributed by atoms with Crippen LogP contribution in [0, 0.1) is 0 Å². The zero-order valence-corrected chi connectivity index (χ0v) is 18.7. The third-order valence-electron chi connectivity index (χ3n) is 4.19. The quantitative estimate of drug-likeness (QED) is 0.302. The van der Waals surface area contributed by atoms with Gasteiger partial charge in [0.15, 0.2) is 0 Å². The van der Waals surface area contributed by atoms with Gasteiger partial charge in [0, 0.05) is 0 Å². The maximum atomic E-state index is 8.36. The fourth-order valence-corrected chi connectivity index (χ4v) is 2.65. The standard InChI is InChI=1S/C18H18O.C8H18O5/c1-3-17(15-11-7-5-8-12-15)19-18(4-2)16-13-9-6-10-14-16;9-1-3-11-5-7-13-8-6-12-4-2-10/h3-14,17-18H,1-2H2;9-10H,1-8H2. The van der Waals surface area contributed by atoms with Crippen LogP contribution in [0.2, 0.25) is 0 Å². The summed E-state index contributed by atoms with van der Waals surface area (Å²) in [6, 6.07) is 20.1. The molecule has 0 fully saturated rings. The highest BCUT2D eigenvalue weighted by Crippen LogP contribution is 2.28. The Kier molecular flexibility index (Phi) is 16.8. The topological polar surface area (TPSA) is 77.4 Å². The van der Waals surface area contributed by atoms with Gasteiger partial charge in [-0.15, -0.1) is 13.2 Å². The van der Waals surface area contributed by atoms with Crippen LogP contribution in [0.15, 0.2) is 86.0 Å². The molecule has 0 radical (unpaired) electrons. The second-order valence-corrected chi connectivity index (χ2v) is 6.55. The van der Waals surface area contributed by atoms with E-state index in [9.17, 15) is 0 Å². The highest BCUT2D eigenvalue weighted by molar-refractivity contribution is 5.24. The van der Waals surface area contributed by atoms with E-state index in [1.54, 1.807) is 0 Å². The number of rotatable bonds is 16. The van der Waals surface area contributed by atoms with Crippen molar-refractivity contribution in [2.24, 2.45) is 0 Å². The second kappa shape index (κ2) is 19.4. The first kappa shape index (κ1) is 27.7. The average Bonchev–Trinajstić information content (AvgIpc) is 2.85. The summed E-state index contributed by atoms with van der Waals surface area (Å²) in [5.41, 5.74) is 2.19. The molecule has 2 aromatic carbocycles. The number of benzene rings is 2. The van der Waals surface area contributed by atoms with Crippen molar-refractivity contribution in [1.82, 2.24) is 0 Å². The maximum absolute atomic E-state index is 8.36. The number of ether oxygens (including phenoxy) is 4. The SMILES string of the molecule is C=CC(OC(C=C)c1ccccc1)c1ccccc1.OCCOCCOCCOCCO. The van der Waals surface area contributed by atoms with Crippen LogP contribution in [0.5, 0.6) is 0 Å². The van der Waals surface area contributed by atoms with E-state index in [2.05, 4.69) is 13.2 Å². The van der Waals surface area contributed by atoms with Gasteiger partial charge in [0.05, 0.1) is 52.9 Å². The van der Waals surface area contributed by atoms with Crippen molar-refractivity contribution >= 4 is 0 Å². The normalized spacial score (nSPS) is 12.3. The van der Waals surface area contributed by atoms with Crippen molar-refractivity contribution in [3.05, 3.63) is 97.1 Å². The molecule has 0 aliphatic carbocycles. The fraction of sp³-hybridized carbons (Fsp3) is 0.385. The predicted octanol–water partition coefficient (Wildman–Crippen LogP) is 3.88. The summed E-state index contributed by atoms with van der Waals surface area (Å²) in [6.45, 7) is 10.5. The molecule has 2 aromatic rings. The molecule has 0 amide bonds. The minimum Gasteiger partial charge on any atom is -0.394 e. The summed E-state index contributed by atoms with van der Waals surface area (Å²) in [7, 11) is 0. The highest BCUT2D eigenvalue weighted by atomic mass is 16.5. The molecule has 2 atom stereocenters. The lowest BCUT2D eigenvalue weighted by Crippen LogP contribution is -2.11. The van der Waals surface area contributed by atoms with E-state index in [1.165, 1.54) is 0 Å². The van der Waals surface area contributed by atoms with Gasteiger partial charge in [-0.05, 0) is 11.1 Å². The van der Waals surface area contributed by atoms with Crippen molar-refractivity contribution in [3.63, 3.8) is 0 Å². The van der Waals surface area contributed by atoms with Gasteiger partial charge in [-0.2, -0.15) is 0 Å². The minimum absolute atomic E-state index is 0.0413. The molecule has 0 spiro atoms. The largest absolute Gasteiger partial charge is 0.394 e. The number of aliphatic hydroxyl groups is 2. The lowest BCUT2D eigenvalue weighted by Gasteiger charge is -2.21. The summed E-state index contributed by atoms with van der Waals surface area (Å²) in [6.07, 6.45) is 3.36. The van der Waals surface area contributed by atoms with Gasteiger partial charge in [-0.3, -0.25) is 0 Å². The molecule has 176 valence electrons. The lowest BCUT2D eigenvalue weighted by atomic mass is 10.1. The Morgan fingerprint density at radius 2 is 0.938 bits per heavy atom. The Morgan fingerprint density at radius 3 is 1.25 bits per heavy atom. The van der Waals surface area contributed by atoms with E-state index >= 15 is 0 Å². The van der Waals surface area contributed by atoms with Gasteiger partial charge in [-0.1, -0.05) is 72.8 Å². The molecule has 2 unspecified atom stereocenters. The monoisotopic (exact) mass is 444 g/mol. The number of aliphatic hydroxyl groups excluding tert-OH is 2. The highest BCUT2D eigenvalue weighted by Gasteiger charge is 2.14. The molecule has 0 aliphatic rings. The van der Waals surface area contributed by atoms with Crippen LogP contribution in [0.1, 0.15) is 23.3 Å². The summed E-state index contributed by atoms with van der Waals surface area (Å²) in [5, 5.41) is 16.7. The molecule has 6 nitrogen and oxygen atoms in total. The van der Waals surface area contributed by atoms with Gasteiger partial charge in [-0.25, -0.2) is 0 Å². The Morgan fingerprint density at radius 1 is 0.594 bits per heavy atom. The molecule has 2 N–H and O–H groups in total. The third-order valence-corrected chi connectivity index (χ3v) is 4.19. The Labute approximate surface area is 191 Å². The number of hydrogen-bond acceptors (Lipinski definition) is 6. The molecule has 6 heteroatoms. The molecule has 0 saturated carbocycles. The number of hydrogen-bond donors (Lipinski definition) is 2. The van der Waals surface area contributed by atoms with E-state index in [1.807, 2.05) is 72.8 Å². The Balaban J connectivity index is 0.000000347. The molecule has 0 heterocycles. The van der Waals surface area contributed by atoms with Gasteiger partial charge in [0.1, 0.15) is 12.2 Å². The van der Waals surface area contributed by atoms with Crippen molar-refractivity contribution in [3.8, 4) is 0 Å². The first-order valence-corrected chi connectivity index (χ1v) is 10.7.